The van der Waals surface area contributed by atoms with Crippen LogP contribution in [0.15, 0.2) is 17.5 Å². The zero-order valence-corrected chi connectivity index (χ0v) is 14.5. The van der Waals surface area contributed by atoms with Crippen LogP contribution >= 0.6 is 11.3 Å². The lowest BCUT2D eigenvalue weighted by Crippen LogP contribution is -2.39. The van der Waals surface area contributed by atoms with Crippen molar-refractivity contribution in [2.24, 2.45) is 5.92 Å². The SMILES string of the molecule is CC(C)(C)OC(=O)N1CCC(NC(c2cccs2)C2CC2)C1. The van der Waals surface area contributed by atoms with Gasteiger partial charge in [0.2, 0.25) is 0 Å². The molecular weight excluding hydrogens is 296 g/mol. The molecule has 1 saturated heterocycles. The van der Waals surface area contributed by atoms with Gasteiger partial charge in [0.05, 0.1) is 0 Å². The second-order valence-corrected chi connectivity index (χ2v) is 8.39. The predicted octanol–water partition coefficient (Wildman–Crippen LogP) is 3.80. The highest BCUT2D eigenvalue weighted by molar-refractivity contribution is 7.10. The van der Waals surface area contributed by atoms with E-state index in [9.17, 15) is 4.79 Å². The third-order valence-electron chi connectivity index (χ3n) is 4.20. The molecule has 3 rings (SSSR count). The van der Waals surface area contributed by atoms with Crippen molar-refractivity contribution < 1.29 is 9.53 Å². The summed E-state index contributed by atoms with van der Waals surface area (Å²) < 4.78 is 5.47. The van der Waals surface area contributed by atoms with Gasteiger partial charge in [-0.05, 0) is 57.4 Å². The molecule has 4 nitrogen and oxygen atoms in total. The van der Waals surface area contributed by atoms with Crippen molar-refractivity contribution in [3.8, 4) is 0 Å². The monoisotopic (exact) mass is 322 g/mol. The maximum Gasteiger partial charge on any atom is 0.410 e. The Labute approximate surface area is 136 Å². The Morgan fingerprint density at radius 3 is 2.77 bits per heavy atom. The van der Waals surface area contributed by atoms with Crippen molar-refractivity contribution in [3.63, 3.8) is 0 Å². The zero-order chi connectivity index (χ0) is 15.7. The van der Waals surface area contributed by atoms with Crippen LogP contribution in [-0.2, 0) is 4.74 Å². The first kappa shape index (κ1) is 15.8. The number of ether oxygens (including phenoxy) is 1. The van der Waals surface area contributed by atoms with Gasteiger partial charge in [-0.3, -0.25) is 0 Å². The van der Waals surface area contributed by atoms with Gasteiger partial charge in [-0.1, -0.05) is 6.07 Å². The highest BCUT2D eigenvalue weighted by Gasteiger charge is 2.37. The van der Waals surface area contributed by atoms with Crippen molar-refractivity contribution in [2.45, 2.75) is 57.7 Å². The molecule has 2 aliphatic rings. The summed E-state index contributed by atoms with van der Waals surface area (Å²) in [5, 5.41) is 5.94. The fraction of sp³-hybridized carbons (Fsp3) is 0.706. The standard InChI is InChI=1S/C17H26N2O2S/c1-17(2,3)21-16(20)19-9-8-13(11-19)18-15(12-6-7-12)14-5-4-10-22-14/h4-5,10,12-13,15,18H,6-9,11H2,1-3H3. The molecule has 1 aromatic heterocycles. The molecule has 1 aliphatic heterocycles. The minimum atomic E-state index is -0.421. The van der Waals surface area contributed by atoms with Gasteiger partial charge in [-0.25, -0.2) is 4.79 Å². The lowest BCUT2D eigenvalue weighted by molar-refractivity contribution is 0.0290. The predicted molar refractivity (Wildman–Crippen MR) is 89.1 cm³/mol. The Balaban J connectivity index is 1.55. The summed E-state index contributed by atoms with van der Waals surface area (Å²) in [6.45, 7) is 7.28. The van der Waals surface area contributed by atoms with Gasteiger partial charge in [0.25, 0.3) is 0 Å². The second-order valence-electron chi connectivity index (χ2n) is 7.41. The molecule has 0 bridgehead atoms. The summed E-state index contributed by atoms with van der Waals surface area (Å²) >= 11 is 1.83. The molecule has 1 amide bonds. The maximum atomic E-state index is 12.1. The number of thiophene rings is 1. The first-order valence-corrected chi connectivity index (χ1v) is 9.08. The quantitative estimate of drug-likeness (QED) is 0.917. The number of carbonyl (C=O) groups is 1. The fourth-order valence-electron chi connectivity index (χ4n) is 2.99. The van der Waals surface area contributed by atoms with E-state index < -0.39 is 5.60 Å². The van der Waals surface area contributed by atoms with Gasteiger partial charge in [-0.2, -0.15) is 0 Å². The van der Waals surface area contributed by atoms with Gasteiger partial charge in [0.15, 0.2) is 0 Å². The van der Waals surface area contributed by atoms with E-state index in [4.69, 9.17) is 4.74 Å². The Bertz CT molecular complexity index is 505. The Morgan fingerprint density at radius 1 is 1.41 bits per heavy atom. The van der Waals surface area contributed by atoms with Gasteiger partial charge in [0, 0.05) is 30.1 Å². The molecule has 22 heavy (non-hydrogen) atoms. The molecule has 122 valence electrons. The number of carbonyl (C=O) groups excluding carboxylic acids is 1. The number of hydrogen-bond acceptors (Lipinski definition) is 4. The Hall–Kier alpha value is -1.07. The number of nitrogens with zero attached hydrogens (tertiary/aromatic N) is 1. The van der Waals surface area contributed by atoms with Crippen molar-refractivity contribution in [1.29, 1.82) is 0 Å². The molecule has 2 atom stereocenters. The minimum Gasteiger partial charge on any atom is -0.444 e. The van der Waals surface area contributed by atoms with Crippen LogP contribution in [0, 0.1) is 5.92 Å². The lowest BCUT2D eigenvalue weighted by Gasteiger charge is -2.25. The number of nitrogens with one attached hydrogen (secondary N) is 1. The van der Waals surface area contributed by atoms with E-state index in [0.29, 0.717) is 12.1 Å². The molecule has 1 aliphatic carbocycles. The Kier molecular flexibility index (Phi) is 4.46. The lowest BCUT2D eigenvalue weighted by atomic mass is 10.1. The fourth-order valence-corrected chi connectivity index (χ4v) is 3.87. The van der Waals surface area contributed by atoms with E-state index in [0.717, 1.165) is 25.4 Å². The van der Waals surface area contributed by atoms with E-state index in [2.05, 4.69) is 22.8 Å². The van der Waals surface area contributed by atoms with Gasteiger partial charge in [0.1, 0.15) is 5.60 Å². The minimum absolute atomic E-state index is 0.184. The normalized spacial score (nSPS) is 23.6. The molecule has 1 saturated carbocycles. The van der Waals surface area contributed by atoms with E-state index in [1.165, 1.54) is 17.7 Å². The van der Waals surface area contributed by atoms with Crippen molar-refractivity contribution in [1.82, 2.24) is 10.2 Å². The first-order valence-electron chi connectivity index (χ1n) is 8.20. The van der Waals surface area contributed by atoms with E-state index in [1.54, 1.807) is 0 Å². The average molecular weight is 322 g/mol. The van der Waals surface area contributed by atoms with Crippen LogP contribution in [-0.4, -0.2) is 35.7 Å². The molecule has 0 spiro atoms. The van der Waals surface area contributed by atoms with Gasteiger partial charge < -0.3 is 15.0 Å². The second kappa shape index (κ2) is 6.20. The highest BCUT2D eigenvalue weighted by atomic mass is 32.1. The number of rotatable bonds is 4. The van der Waals surface area contributed by atoms with Crippen molar-refractivity contribution >= 4 is 17.4 Å². The number of amides is 1. The summed E-state index contributed by atoms with van der Waals surface area (Å²) in [5.41, 5.74) is -0.421. The summed E-state index contributed by atoms with van der Waals surface area (Å²) in [6.07, 6.45) is 3.46. The van der Waals surface area contributed by atoms with Crippen LogP contribution in [0.1, 0.15) is 51.0 Å². The molecule has 5 heteroatoms. The van der Waals surface area contributed by atoms with Crippen LogP contribution in [0.4, 0.5) is 4.79 Å². The Morgan fingerprint density at radius 2 is 2.18 bits per heavy atom. The first-order chi connectivity index (χ1) is 10.4. The molecule has 0 aromatic carbocycles. The van der Waals surface area contributed by atoms with Crippen LogP contribution in [0.3, 0.4) is 0 Å². The van der Waals surface area contributed by atoms with E-state index >= 15 is 0 Å². The smallest absolute Gasteiger partial charge is 0.410 e. The third-order valence-corrected chi connectivity index (χ3v) is 5.15. The van der Waals surface area contributed by atoms with E-state index in [-0.39, 0.29) is 6.09 Å². The molecule has 1 aromatic rings. The van der Waals surface area contributed by atoms with Crippen LogP contribution < -0.4 is 5.32 Å². The summed E-state index contributed by atoms with van der Waals surface area (Å²) in [4.78, 5) is 15.4. The molecular formula is C17H26N2O2S. The molecule has 2 unspecified atom stereocenters. The maximum absolute atomic E-state index is 12.1. The van der Waals surface area contributed by atoms with Crippen LogP contribution in [0.25, 0.3) is 0 Å². The summed E-state index contributed by atoms with van der Waals surface area (Å²) in [5.74, 6) is 0.772. The number of likely N-dealkylation sites (tertiary alicyclic amines) is 1. The average Bonchev–Trinajstić information content (AvgIpc) is 2.94. The topological polar surface area (TPSA) is 41.6 Å². The zero-order valence-electron chi connectivity index (χ0n) is 13.7. The molecule has 1 N–H and O–H groups in total. The third kappa shape index (κ3) is 4.02. The molecule has 0 radical (unpaired) electrons. The highest BCUT2D eigenvalue weighted by Crippen LogP contribution is 2.42. The summed E-state index contributed by atoms with van der Waals surface area (Å²) in [6, 6.07) is 5.18. The van der Waals surface area contributed by atoms with Crippen LogP contribution in [0.5, 0.6) is 0 Å². The molecule has 2 fully saturated rings. The van der Waals surface area contributed by atoms with Crippen molar-refractivity contribution in [3.05, 3.63) is 22.4 Å². The van der Waals surface area contributed by atoms with Gasteiger partial charge >= 0.3 is 6.09 Å². The largest absolute Gasteiger partial charge is 0.444 e. The summed E-state index contributed by atoms with van der Waals surface area (Å²) in [7, 11) is 0. The molecule has 2 heterocycles. The van der Waals surface area contributed by atoms with Crippen LogP contribution in [0.2, 0.25) is 0 Å². The number of hydrogen-bond donors (Lipinski definition) is 1. The van der Waals surface area contributed by atoms with Crippen molar-refractivity contribution in [2.75, 3.05) is 13.1 Å². The van der Waals surface area contributed by atoms with E-state index in [1.807, 2.05) is 37.0 Å². The van der Waals surface area contributed by atoms with Gasteiger partial charge in [-0.15, -0.1) is 11.3 Å².